The fourth-order valence-corrected chi connectivity index (χ4v) is 12.8. The molecule has 14 atom stereocenters. The number of aliphatic hydroxyl groups is 3. The van der Waals surface area contributed by atoms with E-state index in [0.717, 1.165) is 38.5 Å². The van der Waals surface area contributed by atoms with Crippen LogP contribution in [0.15, 0.2) is 0 Å². The molecule has 5 aliphatic carbocycles. The largest absolute Gasteiger partial charge is 0.393 e. The van der Waals surface area contributed by atoms with Crippen LogP contribution in [-0.4, -0.2) is 64.3 Å². The molecule has 1 unspecified atom stereocenters. The second-order valence-electron chi connectivity index (χ2n) is 16.2. The van der Waals surface area contributed by atoms with Crippen LogP contribution >= 0.6 is 0 Å². The first kappa shape index (κ1) is 25.7. The highest BCUT2D eigenvalue weighted by Gasteiger charge is 2.89. The van der Waals surface area contributed by atoms with Crippen LogP contribution in [0.1, 0.15) is 93.4 Å². The molecule has 0 aromatic carbocycles. The summed E-state index contributed by atoms with van der Waals surface area (Å²) in [6, 6.07) is 0. The lowest BCUT2D eigenvalue weighted by atomic mass is 9.40. The second kappa shape index (κ2) is 6.97. The van der Waals surface area contributed by atoms with Gasteiger partial charge in [0.2, 0.25) is 0 Å². The zero-order chi connectivity index (χ0) is 26.8. The molecule has 5 saturated carbocycles. The summed E-state index contributed by atoms with van der Waals surface area (Å²) in [5, 5.41) is 35.6. The van der Waals surface area contributed by atoms with Gasteiger partial charge in [0, 0.05) is 18.4 Å². The van der Waals surface area contributed by atoms with Crippen molar-refractivity contribution in [3.63, 3.8) is 0 Å². The van der Waals surface area contributed by atoms with Gasteiger partial charge >= 0.3 is 0 Å². The lowest BCUT2D eigenvalue weighted by molar-refractivity contribution is -0.284. The fourth-order valence-electron chi connectivity index (χ4n) is 12.8. The number of ether oxygens (including phenoxy) is 3. The summed E-state index contributed by atoms with van der Waals surface area (Å²) in [7, 11) is 1.73. The molecular formula is C31H50O6. The van der Waals surface area contributed by atoms with E-state index < -0.39 is 29.0 Å². The first-order valence-corrected chi connectivity index (χ1v) is 15.0. The van der Waals surface area contributed by atoms with Crippen molar-refractivity contribution in [3.05, 3.63) is 0 Å². The molecule has 2 saturated heterocycles. The molecular weight excluding hydrogens is 468 g/mol. The van der Waals surface area contributed by atoms with Crippen LogP contribution in [-0.2, 0) is 14.2 Å². The van der Waals surface area contributed by atoms with Gasteiger partial charge in [-0.1, -0.05) is 34.6 Å². The van der Waals surface area contributed by atoms with Gasteiger partial charge < -0.3 is 29.5 Å². The van der Waals surface area contributed by atoms with Crippen molar-refractivity contribution in [2.24, 2.45) is 50.7 Å². The predicted molar refractivity (Wildman–Crippen MR) is 138 cm³/mol. The Morgan fingerprint density at radius 3 is 2.27 bits per heavy atom. The van der Waals surface area contributed by atoms with E-state index in [9.17, 15) is 15.3 Å². The number of fused-ring (bicyclic) bond motifs is 4. The number of hydrogen-bond donors (Lipinski definition) is 3. The normalized spacial score (nSPS) is 63.2. The smallest absolute Gasteiger partial charge is 0.199 e. The van der Waals surface area contributed by atoms with Crippen LogP contribution in [0.5, 0.6) is 0 Å². The van der Waals surface area contributed by atoms with E-state index in [4.69, 9.17) is 14.2 Å². The van der Waals surface area contributed by atoms with Crippen molar-refractivity contribution >= 4 is 0 Å². The van der Waals surface area contributed by atoms with Gasteiger partial charge in [0.15, 0.2) is 5.79 Å². The topological polar surface area (TPSA) is 88.4 Å². The molecule has 6 heteroatoms. The summed E-state index contributed by atoms with van der Waals surface area (Å²) in [5.74, 6) is -0.328. The number of rotatable bonds is 2. The molecule has 7 rings (SSSR count). The summed E-state index contributed by atoms with van der Waals surface area (Å²) in [6.07, 6.45) is 4.76. The molecule has 37 heavy (non-hydrogen) atoms. The second-order valence-corrected chi connectivity index (χ2v) is 16.2. The van der Waals surface area contributed by atoms with Crippen LogP contribution < -0.4 is 0 Å². The monoisotopic (exact) mass is 518 g/mol. The number of hydrogen-bond acceptors (Lipinski definition) is 6. The highest BCUT2D eigenvalue weighted by atomic mass is 16.8. The van der Waals surface area contributed by atoms with Crippen LogP contribution in [0.25, 0.3) is 0 Å². The third-order valence-electron chi connectivity index (χ3n) is 14.6. The van der Waals surface area contributed by atoms with Gasteiger partial charge in [0.05, 0.1) is 23.9 Å². The molecule has 7 aliphatic rings. The SMILES string of the molecule is COC(C)(C)[C@H]1O[C@@]23O[C@H]1C[C@@H](C)[C@@H]2[C@@]1(C)CC[C@@]24C[C@@]25CC[C@H](O)C(C)(C)C5C[C@H](O)[C@H]4[C@]1(C)[C@H]3O. The number of methoxy groups -OCH3 is 1. The molecule has 2 bridgehead atoms. The third kappa shape index (κ3) is 2.50. The van der Waals surface area contributed by atoms with Crippen LogP contribution in [0.2, 0.25) is 0 Å². The first-order valence-electron chi connectivity index (χ1n) is 15.0. The molecule has 6 nitrogen and oxygen atoms in total. The van der Waals surface area contributed by atoms with Crippen molar-refractivity contribution in [1.29, 1.82) is 0 Å². The van der Waals surface area contributed by atoms with E-state index in [-0.39, 0.29) is 51.8 Å². The molecule has 3 N–H and O–H groups in total. The Hall–Kier alpha value is -0.240. The molecule has 2 heterocycles. The quantitative estimate of drug-likeness (QED) is 0.506. The molecule has 7 fully saturated rings. The van der Waals surface area contributed by atoms with Gasteiger partial charge in [0.25, 0.3) is 0 Å². The highest BCUT2D eigenvalue weighted by molar-refractivity contribution is 5.35. The third-order valence-corrected chi connectivity index (χ3v) is 14.6. The standard InChI is InChI=1S/C31H50O6/c1-16-13-18-23(26(4,5)35-8)37-31(36-18)21(16)27(6)11-12-30-15-29(30)10-9-20(33)25(2,3)19(29)14-17(32)22(30)28(27,7)24(31)34/h16-24,32-34H,9-15H2,1-8H3/t16-,17+,18+,19?,20+,21-,22+,23+,24-,27-,28-,29-,30+,31+/m1/s1. The van der Waals surface area contributed by atoms with Gasteiger partial charge in [-0.15, -0.1) is 0 Å². The van der Waals surface area contributed by atoms with E-state index in [0.29, 0.717) is 18.3 Å². The van der Waals surface area contributed by atoms with E-state index in [1.807, 2.05) is 0 Å². The molecule has 3 spiro atoms. The van der Waals surface area contributed by atoms with Crippen LogP contribution in [0.3, 0.4) is 0 Å². The molecule has 210 valence electrons. The van der Waals surface area contributed by atoms with Gasteiger partial charge in [-0.3, -0.25) is 0 Å². The van der Waals surface area contributed by atoms with Crippen molar-refractivity contribution in [2.75, 3.05) is 7.11 Å². The zero-order valence-electron chi connectivity index (χ0n) is 24.2. The summed E-state index contributed by atoms with van der Waals surface area (Å²) < 4.78 is 19.7. The molecule has 0 aromatic heterocycles. The summed E-state index contributed by atoms with van der Waals surface area (Å²) >= 11 is 0. The summed E-state index contributed by atoms with van der Waals surface area (Å²) in [4.78, 5) is 0. The molecule has 2 aliphatic heterocycles. The van der Waals surface area contributed by atoms with E-state index in [1.54, 1.807) is 7.11 Å². The molecule has 0 radical (unpaired) electrons. The van der Waals surface area contributed by atoms with Crippen molar-refractivity contribution in [2.45, 2.75) is 135 Å². The van der Waals surface area contributed by atoms with E-state index in [1.165, 1.54) is 0 Å². The Bertz CT molecular complexity index is 1010. The average molecular weight is 519 g/mol. The maximum atomic E-state index is 12.6. The Morgan fingerprint density at radius 2 is 1.59 bits per heavy atom. The minimum absolute atomic E-state index is 0.00310. The van der Waals surface area contributed by atoms with Gasteiger partial charge in [-0.05, 0) is 98.2 Å². The summed E-state index contributed by atoms with van der Waals surface area (Å²) in [6.45, 7) is 15.5. The van der Waals surface area contributed by atoms with Crippen LogP contribution in [0.4, 0.5) is 0 Å². The van der Waals surface area contributed by atoms with Crippen molar-refractivity contribution in [1.82, 2.24) is 0 Å². The fraction of sp³-hybridized carbons (Fsp3) is 1.00. The molecule has 0 aromatic rings. The molecule has 0 amide bonds. The minimum atomic E-state index is -1.06. The predicted octanol–water partition coefficient (Wildman–Crippen LogP) is 4.28. The average Bonchev–Trinajstić information content (AvgIpc) is 3.32. The lowest BCUT2D eigenvalue weighted by Gasteiger charge is -2.64. The van der Waals surface area contributed by atoms with Crippen molar-refractivity contribution < 1.29 is 29.5 Å². The lowest BCUT2D eigenvalue weighted by Crippen LogP contribution is -2.64. The van der Waals surface area contributed by atoms with Gasteiger partial charge in [0.1, 0.15) is 12.2 Å². The highest BCUT2D eigenvalue weighted by Crippen LogP contribution is 2.90. The van der Waals surface area contributed by atoms with Gasteiger partial charge in [-0.25, -0.2) is 0 Å². The maximum absolute atomic E-state index is 12.6. The van der Waals surface area contributed by atoms with Crippen molar-refractivity contribution in [3.8, 4) is 0 Å². The zero-order valence-corrected chi connectivity index (χ0v) is 24.2. The summed E-state index contributed by atoms with van der Waals surface area (Å²) in [5.41, 5.74) is -1.26. The number of aliphatic hydroxyl groups excluding tert-OH is 3. The Morgan fingerprint density at radius 1 is 0.892 bits per heavy atom. The Labute approximate surface area is 222 Å². The first-order chi connectivity index (χ1) is 17.1. The Kier molecular flexibility index (Phi) is 4.84. The minimum Gasteiger partial charge on any atom is -0.393 e. The Balaban J connectivity index is 1.34. The van der Waals surface area contributed by atoms with E-state index >= 15 is 0 Å². The van der Waals surface area contributed by atoms with Gasteiger partial charge in [-0.2, -0.15) is 0 Å². The van der Waals surface area contributed by atoms with E-state index in [2.05, 4.69) is 48.5 Å². The van der Waals surface area contributed by atoms with Crippen LogP contribution in [0, 0.1) is 50.7 Å². The maximum Gasteiger partial charge on any atom is 0.199 e.